The maximum Gasteiger partial charge on any atom is 0.231 e. The molecule has 3 fully saturated rings. The highest BCUT2D eigenvalue weighted by molar-refractivity contribution is 5.26. The van der Waals surface area contributed by atoms with E-state index in [-0.39, 0.29) is 0 Å². The fourth-order valence-electron chi connectivity index (χ4n) is 4.44. The van der Waals surface area contributed by atoms with Crippen LogP contribution in [0.3, 0.4) is 0 Å². The van der Waals surface area contributed by atoms with Gasteiger partial charge in [0.15, 0.2) is 0 Å². The van der Waals surface area contributed by atoms with Gasteiger partial charge in [0.05, 0.1) is 0 Å². The molecular formula is C12H19NO. The minimum atomic E-state index is 0.750. The van der Waals surface area contributed by atoms with E-state index in [4.69, 9.17) is 10.2 Å². The van der Waals surface area contributed by atoms with Crippen molar-refractivity contribution in [2.45, 2.75) is 45.4 Å². The molecule has 2 heteroatoms. The molecule has 3 saturated carbocycles. The van der Waals surface area contributed by atoms with Crippen molar-refractivity contribution in [3.05, 3.63) is 0 Å². The van der Waals surface area contributed by atoms with Crippen LogP contribution in [0.5, 0.6) is 0 Å². The zero-order valence-corrected chi connectivity index (χ0v) is 8.88. The number of fused-ring (bicyclic) bond motifs is 5. The average molecular weight is 193 g/mol. The predicted molar refractivity (Wildman–Crippen MR) is 54.7 cm³/mol. The van der Waals surface area contributed by atoms with Gasteiger partial charge in [-0.05, 0) is 55.3 Å². The molecule has 3 aliphatic carbocycles. The van der Waals surface area contributed by atoms with Gasteiger partial charge in [-0.3, -0.25) is 0 Å². The van der Waals surface area contributed by atoms with E-state index in [1.165, 1.54) is 5.92 Å². The SMILES string of the molecule is CC12CCC(C1)C1CCCC12.N=C=O. The first-order valence-corrected chi connectivity index (χ1v) is 5.75. The standard InChI is InChI=1S/C11H18.CHNO/c1-11-6-5-8(7-11)9-3-2-4-10(9)11;2-1-3/h8-10H,2-7H2,1H3;2H. The molecular weight excluding hydrogens is 174 g/mol. The van der Waals surface area contributed by atoms with E-state index >= 15 is 0 Å². The van der Waals surface area contributed by atoms with Crippen molar-refractivity contribution >= 4 is 6.08 Å². The number of carbonyl (C=O) groups excluding carboxylic acids is 1. The minimum absolute atomic E-state index is 0.750. The summed E-state index contributed by atoms with van der Waals surface area (Å²) in [7, 11) is 0. The van der Waals surface area contributed by atoms with E-state index in [1.807, 2.05) is 0 Å². The molecule has 4 unspecified atom stereocenters. The van der Waals surface area contributed by atoms with Crippen molar-refractivity contribution in [1.29, 1.82) is 5.41 Å². The van der Waals surface area contributed by atoms with Gasteiger partial charge in [0.25, 0.3) is 0 Å². The maximum absolute atomic E-state index is 8.35. The Balaban J connectivity index is 0.000000226. The highest BCUT2D eigenvalue weighted by Gasteiger charge is 2.55. The van der Waals surface area contributed by atoms with Gasteiger partial charge < -0.3 is 0 Å². The molecule has 0 aromatic heterocycles. The number of rotatable bonds is 0. The van der Waals surface area contributed by atoms with Crippen molar-refractivity contribution in [2.75, 3.05) is 0 Å². The first kappa shape index (κ1) is 9.92. The van der Waals surface area contributed by atoms with Crippen molar-refractivity contribution in [3.63, 3.8) is 0 Å². The second kappa shape index (κ2) is 3.51. The summed E-state index contributed by atoms with van der Waals surface area (Å²) in [5.74, 6) is 3.49. The van der Waals surface area contributed by atoms with E-state index in [2.05, 4.69) is 6.92 Å². The lowest BCUT2D eigenvalue weighted by Crippen LogP contribution is -2.24. The van der Waals surface area contributed by atoms with Crippen LogP contribution in [0.2, 0.25) is 0 Å². The fraction of sp³-hybridized carbons (Fsp3) is 0.917. The lowest BCUT2D eigenvalue weighted by Gasteiger charge is -2.32. The van der Waals surface area contributed by atoms with Crippen LogP contribution >= 0.6 is 0 Å². The zero-order valence-electron chi connectivity index (χ0n) is 8.88. The van der Waals surface area contributed by atoms with Crippen LogP contribution in [0.1, 0.15) is 45.4 Å². The lowest BCUT2D eigenvalue weighted by atomic mass is 9.73. The van der Waals surface area contributed by atoms with E-state index in [0.29, 0.717) is 0 Å². The van der Waals surface area contributed by atoms with Crippen LogP contribution in [0.15, 0.2) is 0 Å². The molecule has 2 bridgehead atoms. The molecule has 78 valence electrons. The molecule has 14 heavy (non-hydrogen) atoms. The van der Waals surface area contributed by atoms with Crippen LogP contribution in [0.25, 0.3) is 0 Å². The summed E-state index contributed by atoms with van der Waals surface area (Å²) >= 11 is 0. The summed E-state index contributed by atoms with van der Waals surface area (Å²) in [6, 6.07) is 0. The summed E-state index contributed by atoms with van der Waals surface area (Å²) in [5, 5.41) is 5.40. The van der Waals surface area contributed by atoms with Gasteiger partial charge in [-0.25, -0.2) is 10.2 Å². The molecule has 2 nitrogen and oxygen atoms in total. The van der Waals surface area contributed by atoms with Crippen LogP contribution in [0, 0.1) is 28.6 Å². The number of nitrogens with one attached hydrogen (secondary N) is 1. The smallest absolute Gasteiger partial charge is 0.222 e. The highest BCUT2D eigenvalue weighted by atomic mass is 16.1. The third-order valence-electron chi connectivity index (χ3n) is 4.88. The Morgan fingerprint density at radius 1 is 1.36 bits per heavy atom. The summed E-state index contributed by atoms with van der Waals surface area (Å²) < 4.78 is 0. The lowest BCUT2D eigenvalue weighted by molar-refractivity contribution is 0.174. The summed E-state index contributed by atoms with van der Waals surface area (Å²) in [5.41, 5.74) is 0.811. The second-order valence-electron chi connectivity index (χ2n) is 5.46. The third-order valence-corrected chi connectivity index (χ3v) is 4.88. The highest BCUT2D eigenvalue weighted by Crippen LogP contribution is 2.65. The molecule has 0 aliphatic heterocycles. The third kappa shape index (κ3) is 1.33. The topological polar surface area (TPSA) is 40.9 Å². The predicted octanol–water partition coefficient (Wildman–Crippen LogP) is 3.12. The largest absolute Gasteiger partial charge is 0.231 e. The maximum atomic E-state index is 8.35. The van der Waals surface area contributed by atoms with Gasteiger partial charge in [-0.15, -0.1) is 0 Å². The van der Waals surface area contributed by atoms with E-state index in [1.54, 1.807) is 38.5 Å². The molecule has 0 radical (unpaired) electrons. The number of isocyanates is 1. The number of hydrogen-bond donors (Lipinski definition) is 1. The molecule has 0 spiro atoms. The Morgan fingerprint density at radius 3 is 2.71 bits per heavy atom. The molecule has 0 aromatic carbocycles. The Morgan fingerprint density at radius 2 is 2.07 bits per heavy atom. The first-order valence-electron chi connectivity index (χ1n) is 5.75. The summed E-state index contributed by atoms with van der Waals surface area (Å²) in [6.07, 6.45) is 10.1. The molecule has 0 amide bonds. The number of hydrogen-bond acceptors (Lipinski definition) is 2. The summed E-state index contributed by atoms with van der Waals surface area (Å²) in [4.78, 5) is 8.35. The molecule has 3 aliphatic rings. The summed E-state index contributed by atoms with van der Waals surface area (Å²) in [6.45, 7) is 2.56. The van der Waals surface area contributed by atoms with Crippen LogP contribution < -0.4 is 0 Å². The second-order valence-corrected chi connectivity index (χ2v) is 5.46. The van der Waals surface area contributed by atoms with Gasteiger partial charge in [-0.2, -0.15) is 0 Å². The molecule has 4 atom stereocenters. The normalized spacial score (nSPS) is 47.9. The van der Waals surface area contributed by atoms with Gasteiger partial charge >= 0.3 is 0 Å². The van der Waals surface area contributed by atoms with Crippen molar-refractivity contribution in [1.82, 2.24) is 0 Å². The average Bonchev–Trinajstić information content (AvgIpc) is 2.74. The van der Waals surface area contributed by atoms with Crippen LogP contribution in [-0.4, -0.2) is 6.08 Å². The Hall–Kier alpha value is -0.620. The zero-order chi connectivity index (χ0) is 10.2. The monoisotopic (exact) mass is 193 g/mol. The molecule has 0 heterocycles. The Bertz CT molecular complexity index is 257. The molecule has 0 saturated heterocycles. The Labute approximate surface area is 85.6 Å². The van der Waals surface area contributed by atoms with Gasteiger partial charge in [-0.1, -0.05) is 13.3 Å². The Kier molecular flexibility index (Phi) is 2.48. The first-order chi connectivity index (χ1) is 6.71. The minimum Gasteiger partial charge on any atom is -0.222 e. The van der Waals surface area contributed by atoms with Crippen LogP contribution in [-0.2, 0) is 4.79 Å². The quantitative estimate of drug-likeness (QED) is 0.466. The fourth-order valence-corrected chi connectivity index (χ4v) is 4.44. The molecule has 0 aromatic rings. The van der Waals surface area contributed by atoms with Gasteiger partial charge in [0.1, 0.15) is 0 Å². The molecule has 1 N–H and O–H groups in total. The van der Waals surface area contributed by atoms with Crippen molar-refractivity contribution < 1.29 is 4.79 Å². The van der Waals surface area contributed by atoms with Crippen molar-refractivity contribution in [2.24, 2.45) is 23.2 Å². The van der Waals surface area contributed by atoms with E-state index in [9.17, 15) is 0 Å². The van der Waals surface area contributed by atoms with Gasteiger partial charge in [0, 0.05) is 0 Å². The van der Waals surface area contributed by atoms with Gasteiger partial charge in [0.2, 0.25) is 6.08 Å². The van der Waals surface area contributed by atoms with Crippen LogP contribution in [0.4, 0.5) is 0 Å². The molecule has 3 rings (SSSR count). The van der Waals surface area contributed by atoms with E-state index in [0.717, 1.165) is 23.3 Å². The van der Waals surface area contributed by atoms with E-state index < -0.39 is 0 Å². The van der Waals surface area contributed by atoms with Crippen molar-refractivity contribution in [3.8, 4) is 0 Å².